The van der Waals surface area contributed by atoms with E-state index in [0.29, 0.717) is 25.9 Å². The number of likely N-dealkylation sites (tertiary alicyclic amines) is 1. The van der Waals surface area contributed by atoms with Crippen LogP contribution in [0.15, 0.2) is 18.2 Å². The van der Waals surface area contributed by atoms with Crippen LogP contribution in [-0.2, 0) is 10.0 Å². The third-order valence-corrected chi connectivity index (χ3v) is 6.92. The molecule has 1 aromatic rings. The Bertz CT molecular complexity index is 730. The molecular weight excluding hydrogens is 338 g/mol. The van der Waals surface area contributed by atoms with Crippen LogP contribution in [0.1, 0.15) is 44.7 Å². The van der Waals surface area contributed by atoms with Gasteiger partial charge < -0.3 is 10.2 Å². The minimum atomic E-state index is -3.36. The van der Waals surface area contributed by atoms with E-state index in [-0.39, 0.29) is 12.1 Å². The van der Waals surface area contributed by atoms with Crippen LogP contribution < -0.4 is 10.0 Å². The molecule has 0 aromatic heterocycles. The van der Waals surface area contributed by atoms with Gasteiger partial charge in [-0.1, -0.05) is 6.07 Å². The lowest BCUT2D eigenvalue weighted by molar-refractivity contribution is 0.193. The molecule has 0 radical (unpaired) electrons. The normalized spacial score (nSPS) is 16.8. The molecule has 0 atom stereocenters. The van der Waals surface area contributed by atoms with E-state index in [4.69, 9.17) is 0 Å². The zero-order valence-electron chi connectivity index (χ0n) is 15.7. The second kappa shape index (κ2) is 7.33. The number of nitrogens with one attached hydrogen (secondary N) is 2. The van der Waals surface area contributed by atoms with Gasteiger partial charge >= 0.3 is 6.03 Å². The number of anilines is 1. The predicted molar refractivity (Wildman–Crippen MR) is 101 cm³/mol. The van der Waals surface area contributed by atoms with Crippen LogP contribution in [0.3, 0.4) is 0 Å². The van der Waals surface area contributed by atoms with Gasteiger partial charge in [-0.25, -0.2) is 17.9 Å². The van der Waals surface area contributed by atoms with Gasteiger partial charge in [0.15, 0.2) is 0 Å². The minimum absolute atomic E-state index is 0.116. The van der Waals surface area contributed by atoms with Crippen molar-refractivity contribution in [2.24, 2.45) is 0 Å². The number of carbonyl (C=O) groups is 1. The summed E-state index contributed by atoms with van der Waals surface area (Å²) in [4.78, 5) is 14.1. The Morgan fingerprint density at radius 3 is 2.24 bits per heavy atom. The van der Waals surface area contributed by atoms with Crippen LogP contribution >= 0.6 is 0 Å². The maximum Gasteiger partial charge on any atom is 0.321 e. The van der Waals surface area contributed by atoms with Gasteiger partial charge in [0.25, 0.3) is 0 Å². The second-order valence-corrected chi connectivity index (χ2v) is 10.2. The van der Waals surface area contributed by atoms with Crippen molar-refractivity contribution in [1.82, 2.24) is 9.62 Å². The molecule has 140 valence electrons. The zero-order valence-corrected chi connectivity index (χ0v) is 16.5. The lowest BCUT2D eigenvalue weighted by atomic mass is 10.1. The second-order valence-electron chi connectivity index (χ2n) is 7.72. The van der Waals surface area contributed by atoms with Gasteiger partial charge in [0, 0.05) is 24.8 Å². The zero-order chi connectivity index (χ0) is 18.8. The van der Waals surface area contributed by atoms with E-state index < -0.39 is 14.8 Å². The molecule has 2 rings (SSSR count). The number of urea groups is 1. The number of benzene rings is 1. The number of piperidine rings is 1. The average Bonchev–Trinajstić information content (AvgIpc) is 2.50. The summed E-state index contributed by atoms with van der Waals surface area (Å²) in [5, 5.41) is 2.92. The molecule has 0 aliphatic carbocycles. The summed E-state index contributed by atoms with van der Waals surface area (Å²) < 4.78 is 26.4. The lowest BCUT2D eigenvalue weighted by Gasteiger charge is -2.33. The summed E-state index contributed by atoms with van der Waals surface area (Å²) in [5.74, 6) is 0. The van der Waals surface area contributed by atoms with E-state index in [1.54, 1.807) is 25.7 Å². The summed E-state index contributed by atoms with van der Waals surface area (Å²) in [6.07, 6.45) is 1.24. The molecule has 0 unspecified atom stereocenters. The SMILES string of the molecule is Cc1ccc(NC(=O)N2CCC(NS(=O)(=O)C(C)(C)C)CC2)cc1C. The Morgan fingerprint density at radius 2 is 1.72 bits per heavy atom. The van der Waals surface area contributed by atoms with Gasteiger partial charge in [-0.2, -0.15) is 0 Å². The molecule has 6 nitrogen and oxygen atoms in total. The van der Waals surface area contributed by atoms with E-state index in [1.807, 2.05) is 32.0 Å². The van der Waals surface area contributed by atoms with Gasteiger partial charge in [0.05, 0.1) is 4.75 Å². The molecule has 2 N–H and O–H groups in total. The highest BCUT2D eigenvalue weighted by molar-refractivity contribution is 7.90. The Morgan fingerprint density at radius 1 is 1.12 bits per heavy atom. The van der Waals surface area contributed by atoms with Gasteiger partial charge in [-0.15, -0.1) is 0 Å². The molecule has 0 spiro atoms. The van der Waals surface area contributed by atoms with Crippen molar-refractivity contribution >= 4 is 21.7 Å². The number of sulfonamides is 1. The van der Waals surface area contributed by atoms with Crippen molar-refractivity contribution in [2.75, 3.05) is 18.4 Å². The number of hydrogen-bond donors (Lipinski definition) is 2. The lowest BCUT2D eigenvalue weighted by Crippen LogP contribution is -2.50. The minimum Gasteiger partial charge on any atom is -0.324 e. The van der Waals surface area contributed by atoms with Crippen molar-refractivity contribution < 1.29 is 13.2 Å². The molecule has 0 bridgehead atoms. The van der Waals surface area contributed by atoms with Crippen molar-refractivity contribution in [1.29, 1.82) is 0 Å². The number of hydrogen-bond acceptors (Lipinski definition) is 3. The fourth-order valence-electron chi connectivity index (χ4n) is 2.62. The van der Waals surface area contributed by atoms with Crippen LogP contribution in [-0.4, -0.2) is 43.2 Å². The molecule has 1 aliphatic heterocycles. The van der Waals surface area contributed by atoms with Gasteiger partial charge in [0.2, 0.25) is 10.0 Å². The average molecular weight is 368 g/mol. The van der Waals surface area contributed by atoms with Gasteiger partial charge in [-0.05, 0) is 70.7 Å². The highest BCUT2D eigenvalue weighted by Gasteiger charge is 2.33. The molecule has 2 amide bonds. The topological polar surface area (TPSA) is 78.5 Å². The van der Waals surface area contributed by atoms with E-state index >= 15 is 0 Å². The van der Waals surface area contributed by atoms with Crippen LogP contribution in [0.5, 0.6) is 0 Å². The number of nitrogens with zero attached hydrogens (tertiary/aromatic N) is 1. The molecule has 1 fully saturated rings. The number of amides is 2. The first-order valence-electron chi connectivity index (χ1n) is 8.64. The molecule has 1 saturated heterocycles. The fourth-order valence-corrected chi connectivity index (χ4v) is 3.65. The van der Waals surface area contributed by atoms with Crippen LogP contribution in [0, 0.1) is 13.8 Å². The van der Waals surface area contributed by atoms with E-state index in [1.165, 1.54) is 5.56 Å². The van der Waals surface area contributed by atoms with Crippen LogP contribution in [0.4, 0.5) is 10.5 Å². The number of rotatable bonds is 3. The van der Waals surface area contributed by atoms with Crippen molar-refractivity contribution in [2.45, 2.75) is 58.2 Å². The highest BCUT2D eigenvalue weighted by Crippen LogP contribution is 2.19. The predicted octanol–water partition coefficient (Wildman–Crippen LogP) is 3.02. The van der Waals surface area contributed by atoms with Crippen molar-refractivity contribution in [3.63, 3.8) is 0 Å². The monoisotopic (exact) mass is 367 g/mol. The first kappa shape index (κ1) is 19.7. The molecule has 1 aliphatic rings. The third-order valence-electron chi connectivity index (χ3n) is 4.67. The summed E-state index contributed by atoms with van der Waals surface area (Å²) >= 11 is 0. The van der Waals surface area contributed by atoms with Crippen molar-refractivity contribution in [3.05, 3.63) is 29.3 Å². The van der Waals surface area contributed by atoms with Crippen LogP contribution in [0.2, 0.25) is 0 Å². The third kappa shape index (κ3) is 4.95. The molecule has 1 aromatic carbocycles. The van der Waals surface area contributed by atoms with Gasteiger partial charge in [0.1, 0.15) is 0 Å². The van der Waals surface area contributed by atoms with E-state index in [0.717, 1.165) is 11.3 Å². The molecular formula is C18H29N3O3S. The van der Waals surface area contributed by atoms with Gasteiger partial charge in [-0.3, -0.25) is 0 Å². The summed E-state index contributed by atoms with van der Waals surface area (Å²) in [5.41, 5.74) is 3.10. The summed E-state index contributed by atoms with van der Waals surface area (Å²) in [6, 6.07) is 5.58. The Hall–Kier alpha value is -1.60. The summed E-state index contributed by atoms with van der Waals surface area (Å²) in [6.45, 7) is 10.2. The Balaban J connectivity index is 1.89. The quantitative estimate of drug-likeness (QED) is 0.862. The highest BCUT2D eigenvalue weighted by atomic mass is 32.2. The first-order chi connectivity index (χ1) is 11.5. The molecule has 0 saturated carbocycles. The number of aryl methyl sites for hydroxylation is 2. The molecule has 7 heteroatoms. The largest absolute Gasteiger partial charge is 0.324 e. The maximum atomic E-state index is 12.4. The van der Waals surface area contributed by atoms with Crippen LogP contribution in [0.25, 0.3) is 0 Å². The van der Waals surface area contributed by atoms with Crippen molar-refractivity contribution in [3.8, 4) is 0 Å². The molecule has 25 heavy (non-hydrogen) atoms. The number of carbonyl (C=O) groups excluding carboxylic acids is 1. The fraction of sp³-hybridized carbons (Fsp3) is 0.611. The Labute approximate surface area is 151 Å². The Kier molecular flexibility index (Phi) is 5.79. The summed E-state index contributed by atoms with van der Waals surface area (Å²) in [7, 11) is -3.36. The standard InChI is InChI=1S/C18H29N3O3S/c1-13-6-7-16(12-14(13)2)19-17(22)21-10-8-15(9-11-21)20-25(23,24)18(3,4)5/h6-7,12,15,20H,8-11H2,1-5H3,(H,19,22). The van der Waals surface area contributed by atoms with E-state index in [9.17, 15) is 13.2 Å². The molecule has 1 heterocycles. The smallest absolute Gasteiger partial charge is 0.321 e. The maximum absolute atomic E-state index is 12.4. The first-order valence-corrected chi connectivity index (χ1v) is 10.1. The van der Waals surface area contributed by atoms with E-state index in [2.05, 4.69) is 10.0 Å².